The fraction of sp³-hybridized carbons (Fsp3) is 0.400. The number of aromatic nitrogens is 3. The van der Waals surface area contributed by atoms with E-state index in [2.05, 4.69) is 30.9 Å². The summed E-state index contributed by atoms with van der Waals surface area (Å²) in [5.41, 5.74) is 0.768. The molecular weight excluding hydrogens is 198 g/mol. The number of pyridine rings is 1. The van der Waals surface area contributed by atoms with Crippen LogP contribution in [0.25, 0.3) is 11.0 Å². The van der Waals surface area contributed by atoms with E-state index in [0.717, 1.165) is 11.0 Å². The molecule has 3 nitrogen and oxygen atoms in total. The summed E-state index contributed by atoms with van der Waals surface area (Å²) < 4.78 is 1.88. The summed E-state index contributed by atoms with van der Waals surface area (Å²) in [5, 5.41) is 5.82. The number of halogens is 1. The van der Waals surface area contributed by atoms with Crippen LogP contribution in [0.4, 0.5) is 0 Å². The molecule has 0 aromatic carbocycles. The van der Waals surface area contributed by atoms with E-state index < -0.39 is 0 Å². The molecule has 2 aromatic heterocycles. The first-order valence-electron chi connectivity index (χ1n) is 4.49. The molecule has 0 saturated carbocycles. The Bertz CT molecular complexity index is 468. The lowest BCUT2D eigenvalue weighted by atomic mass is 10.1. The molecular formula is C10H12ClN3. The maximum Gasteiger partial charge on any atom is 0.159 e. The highest BCUT2D eigenvalue weighted by molar-refractivity contribution is 6.29. The van der Waals surface area contributed by atoms with Crippen molar-refractivity contribution < 1.29 is 0 Å². The average Bonchev–Trinajstić information content (AvgIpc) is 2.45. The molecule has 0 saturated heterocycles. The van der Waals surface area contributed by atoms with Gasteiger partial charge in [-0.1, -0.05) is 11.6 Å². The summed E-state index contributed by atoms with van der Waals surface area (Å²) in [6, 6.07) is 3.71. The number of nitrogens with zero attached hydrogens (tertiary/aromatic N) is 3. The third-order valence-corrected chi connectivity index (χ3v) is 2.23. The first-order valence-corrected chi connectivity index (χ1v) is 4.87. The Morgan fingerprint density at radius 2 is 2.00 bits per heavy atom. The minimum atomic E-state index is -0.0700. The molecule has 0 amide bonds. The van der Waals surface area contributed by atoms with E-state index >= 15 is 0 Å². The van der Waals surface area contributed by atoms with Crippen molar-refractivity contribution in [1.82, 2.24) is 14.8 Å². The number of rotatable bonds is 0. The van der Waals surface area contributed by atoms with Gasteiger partial charge >= 0.3 is 0 Å². The van der Waals surface area contributed by atoms with Crippen LogP contribution in [0.1, 0.15) is 20.8 Å². The van der Waals surface area contributed by atoms with Crippen molar-refractivity contribution in [3.05, 3.63) is 23.5 Å². The van der Waals surface area contributed by atoms with Crippen molar-refractivity contribution >= 4 is 22.6 Å². The van der Waals surface area contributed by atoms with E-state index in [1.807, 2.05) is 16.9 Å². The number of hydrogen-bond donors (Lipinski definition) is 0. The molecule has 0 radical (unpaired) electrons. The zero-order valence-corrected chi connectivity index (χ0v) is 9.21. The fourth-order valence-electron chi connectivity index (χ4n) is 1.37. The van der Waals surface area contributed by atoms with E-state index in [0.29, 0.717) is 5.15 Å². The lowest BCUT2D eigenvalue weighted by Gasteiger charge is -2.19. The monoisotopic (exact) mass is 209 g/mol. The van der Waals surface area contributed by atoms with Gasteiger partial charge in [0.15, 0.2) is 5.65 Å². The van der Waals surface area contributed by atoms with Gasteiger partial charge < -0.3 is 0 Å². The lowest BCUT2D eigenvalue weighted by Crippen LogP contribution is -2.23. The molecule has 0 atom stereocenters. The predicted octanol–water partition coefficient (Wildman–Crippen LogP) is 2.84. The second-order valence-corrected chi connectivity index (χ2v) is 4.66. The normalized spacial score (nSPS) is 12.3. The summed E-state index contributed by atoms with van der Waals surface area (Å²) in [6.07, 6.45) is 1.81. The van der Waals surface area contributed by atoms with Crippen molar-refractivity contribution in [1.29, 1.82) is 0 Å². The molecule has 4 heteroatoms. The summed E-state index contributed by atoms with van der Waals surface area (Å²) in [6.45, 7) is 6.26. The molecule has 2 rings (SSSR count). The van der Waals surface area contributed by atoms with E-state index in [9.17, 15) is 0 Å². The Balaban J connectivity index is 2.73. The first kappa shape index (κ1) is 9.46. The third kappa shape index (κ3) is 1.48. The van der Waals surface area contributed by atoms with Gasteiger partial charge in [-0.2, -0.15) is 5.10 Å². The van der Waals surface area contributed by atoms with E-state index in [4.69, 9.17) is 11.6 Å². The molecule has 0 bridgehead atoms. The van der Waals surface area contributed by atoms with Gasteiger partial charge in [0, 0.05) is 5.39 Å². The van der Waals surface area contributed by atoms with Crippen molar-refractivity contribution in [3.8, 4) is 0 Å². The predicted molar refractivity (Wildman–Crippen MR) is 57.5 cm³/mol. The Morgan fingerprint density at radius 3 is 2.64 bits per heavy atom. The minimum Gasteiger partial charge on any atom is -0.242 e. The van der Waals surface area contributed by atoms with E-state index in [1.165, 1.54) is 0 Å². The van der Waals surface area contributed by atoms with Crippen LogP contribution < -0.4 is 0 Å². The van der Waals surface area contributed by atoms with Crippen LogP contribution in [0.15, 0.2) is 18.3 Å². The van der Waals surface area contributed by atoms with E-state index in [1.54, 1.807) is 6.07 Å². The van der Waals surface area contributed by atoms with Crippen LogP contribution in [0.3, 0.4) is 0 Å². The van der Waals surface area contributed by atoms with Gasteiger partial charge in [0.1, 0.15) is 5.15 Å². The maximum absolute atomic E-state index is 5.85. The second-order valence-electron chi connectivity index (χ2n) is 4.27. The largest absolute Gasteiger partial charge is 0.242 e. The van der Waals surface area contributed by atoms with Gasteiger partial charge in [0.2, 0.25) is 0 Å². The standard InChI is InChI=1S/C10H12ClN3/c1-10(2,3)14-9-7(6-12-14)4-5-8(11)13-9/h4-6H,1-3H3. The highest BCUT2D eigenvalue weighted by atomic mass is 35.5. The van der Waals surface area contributed by atoms with Crippen LogP contribution >= 0.6 is 11.6 Å². The van der Waals surface area contributed by atoms with Crippen LogP contribution in [0, 0.1) is 0 Å². The molecule has 0 aliphatic carbocycles. The van der Waals surface area contributed by atoms with Gasteiger partial charge in [-0.25, -0.2) is 9.67 Å². The highest BCUT2D eigenvalue weighted by Gasteiger charge is 2.17. The minimum absolute atomic E-state index is 0.0700. The molecule has 0 N–H and O–H groups in total. The quantitative estimate of drug-likeness (QED) is 0.625. The lowest BCUT2D eigenvalue weighted by molar-refractivity contribution is 0.366. The Hall–Kier alpha value is -1.09. The summed E-state index contributed by atoms with van der Waals surface area (Å²) in [4.78, 5) is 4.27. The van der Waals surface area contributed by atoms with Crippen LogP contribution in [0.2, 0.25) is 5.15 Å². The number of hydrogen-bond acceptors (Lipinski definition) is 2. The summed E-state index contributed by atoms with van der Waals surface area (Å²) in [7, 11) is 0. The van der Waals surface area contributed by atoms with Gasteiger partial charge in [0.05, 0.1) is 11.7 Å². The molecule has 2 heterocycles. The maximum atomic E-state index is 5.85. The van der Waals surface area contributed by atoms with Crippen molar-refractivity contribution in [2.24, 2.45) is 0 Å². The molecule has 0 unspecified atom stereocenters. The fourth-order valence-corrected chi connectivity index (χ4v) is 1.52. The Labute approximate surface area is 87.7 Å². The first-order chi connectivity index (χ1) is 6.48. The number of fused-ring (bicyclic) bond motifs is 1. The van der Waals surface area contributed by atoms with Crippen LogP contribution in [0.5, 0.6) is 0 Å². The van der Waals surface area contributed by atoms with Crippen LogP contribution in [-0.2, 0) is 5.54 Å². The zero-order chi connectivity index (χ0) is 10.3. The molecule has 0 spiro atoms. The molecule has 0 fully saturated rings. The third-order valence-electron chi connectivity index (χ3n) is 2.02. The average molecular weight is 210 g/mol. The summed E-state index contributed by atoms with van der Waals surface area (Å²) in [5.74, 6) is 0. The Kier molecular flexibility index (Phi) is 2.00. The Morgan fingerprint density at radius 1 is 1.29 bits per heavy atom. The second kappa shape index (κ2) is 2.95. The molecule has 0 aliphatic heterocycles. The van der Waals surface area contributed by atoms with Crippen molar-refractivity contribution in [3.63, 3.8) is 0 Å². The highest BCUT2D eigenvalue weighted by Crippen LogP contribution is 2.21. The molecule has 0 aliphatic rings. The van der Waals surface area contributed by atoms with Gasteiger partial charge in [-0.05, 0) is 32.9 Å². The topological polar surface area (TPSA) is 30.7 Å². The van der Waals surface area contributed by atoms with Gasteiger partial charge in [-0.15, -0.1) is 0 Å². The van der Waals surface area contributed by atoms with Gasteiger partial charge in [-0.3, -0.25) is 0 Å². The SMILES string of the molecule is CC(C)(C)n1ncc2ccc(Cl)nc21. The molecule has 74 valence electrons. The van der Waals surface area contributed by atoms with E-state index in [-0.39, 0.29) is 5.54 Å². The van der Waals surface area contributed by atoms with Gasteiger partial charge in [0.25, 0.3) is 0 Å². The zero-order valence-electron chi connectivity index (χ0n) is 8.45. The van der Waals surface area contributed by atoms with Crippen molar-refractivity contribution in [2.75, 3.05) is 0 Å². The van der Waals surface area contributed by atoms with Crippen molar-refractivity contribution in [2.45, 2.75) is 26.3 Å². The smallest absolute Gasteiger partial charge is 0.159 e. The molecule has 14 heavy (non-hydrogen) atoms. The van der Waals surface area contributed by atoms with Crippen LogP contribution in [-0.4, -0.2) is 14.8 Å². The molecule has 2 aromatic rings. The summed E-state index contributed by atoms with van der Waals surface area (Å²) >= 11 is 5.85.